The minimum Gasteiger partial charge on any atom is -0.497 e. The minimum atomic E-state index is -0.334. The van der Waals surface area contributed by atoms with E-state index in [4.69, 9.17) is 14.5 Å². The van der Waals surface area contributed by atoms with Crippen LogP contribution in [-0.4, -0.2) is 43.3 Å². The Morgan fingerprint density at radius 3 is 2.18 bits per heavy atom. The topological polar surface area (TPSA) is 63.2 Å². The van der Waals surface area contributed by atoms with Gasteiger partial charge in [0.15, 0.2) is 0 Å². The molecule has 0 radical (unpaired) electrons. The fourth-order valence-corrected chi connectivity index (χ4v) is 4.39. The van der Waals surface area contributed by atoms with Crippen LogP contribution in [0.15, 0.2) is 95.4 Å². The number of aliphatic imine (C=N–C) groups is 1. The largest absolute Gasteiger partial charge is 0.497 e. The third kappa shape index (κ3) is 4.39. The van der Waals surface area contributed by atoms with E-state index in [-0.39, 0.29) is 11.9 Å². The monoisotopic (exact) mass is 453 g/mol. The molecule has 6 nitrogen and oxygen atoms in total. The van der Waals surface area contributed by atoms with Crippen LogP contribution in [0.1, 0.15) is 16.7 Å². The third-order valence-electron chi connectivity index (χ3n) is 6.23. The van der Waals surface area contributed by atoms with Crippen LogP contribution in [0.5, 0.6) is 11.5 Å². The first-order chi connectivity index (χ1) is 16.6. The number of nitrogens with zero attached hydrogens (tertiary/aromatic N) is 2. The quantitative estimate of drug-likeness (QED) is 0.588. The van der Waals surface area contributed by atoms with Crippen molar-refractivity contribution in [2.75, 3.05) is 20.8 Å². The summed E-state index contributed by atoms with van der Waals surface area (Å²) in [5, 5.41) is 3.48. The molecular formula is C28H27N3O3. The van der Waals surface area contributed by atoms with E-state index in [0.717, 1.165) is 45.4 Å². The molecule has 1 N–H and O–H groups in total. The number of allylic oxidation sites excluding steroid dienone is 1. The molecule has 2 aliphatic heterocycles. The first-order valence-electron chi connectivity index (χ1n) is 11.3. The Labute approximate surface area is 199 Å². The maximum Gasteiger partial charge on any atom is 0.251 e. The number of hydrogen-bond acceptors (Lipinski definition) is 5. The van der Waals surface area contributed by atoms with E-state index in [9.17, 15) is 4.79 Å². The van der Waals surface area contributed by atoms with E-state index in [0.29, 0.717) is 19.4 Å². The molecule has 5 rings (SSSR count). The molecule has 1 atom stereocenters. The lowest BCUT2D eigenvalue weighted by atomic mass is 10.0. The zero-order valence-corrected chi connectivity index (χ0v) is 19.3. The Morgan fingerprint density at radius 2 is 1.53 bits per heavy atom. The molecule has 3 aromatic rings. The lowest BCUT2D eigenvalue weighted by Crippen LogP contribution is -2.36. The summed E-state index contributed by atoms with van der Waals surface area (Å²) in [6.45, 7) is 0.435. The van der Waals surface area contributed by atoms with E-state index in [1.807, 2.05) is 71.6 Å². The Morgan fingerprint density at radius 1 is 0.882 bits per heavy atom. The van der Waals surface area contributed by atoms with Crippen LogP contribution in [-0.2, 0) is 17.6 Å². The Bertz CT molecular complexity index is 1230. The Balaban J connectivity index is 1.45. The lowest BCUT2D eigenvalue weighted by molar-refractivity contribution is -0.127. The summed E-state index contributed by atoms with van der Waals surface area (Å²) in [7, 11) is 3.30. The predicted molar refractivity (Wildman–Crippen MR) is 132 cm³/mol. The average Bonchev–Trinajstić information content (AvgIpc) is 3.20. The second kappa shape index (κ2) is 9.43. The van der Waals surface area contributed by atoms with E-state index < -0.39 is 0 Å². The summed E-state index contributed by atoms with van der Waals surface area (Å²) in [4.78, 5) is 20.3. The summed E-state index contributed by atoms with van der Waals surface area (Å²) >= 11 is 0. The number of hydrogen-bond donors (Lipinski definition) is 1. The van der Waals surface area contributed by atoms with Gasteiger partial charge in [0.05, 0.1) is 32.2 Å². The van der Waals surface area contributed by atoms with Crippen LogP contribution >= 0.6 is 0 Å². The van der Waals surface area contributed by atoms with Crippen molar-refractivity contribution in [1.29, 1.82) is 0 Å². The molecular weight excluding hydrogens is 426 g/mol. The number of nitrogens with one attached hydrogen (secondary N) is 1. The molecule has 1 amide bonds. The van der Waals surface area contributed by atoms with Crippen molar-refractivity contribution in [2.24, 2.45) is 4.99 Å². The molecule has 2 aliphatic rings. The first kappa shape index (κ1) is 21.8. The molecule has 34 heavy (non-hydrogen) atoms. The average molecular weight is 454 g/mol. The molecule has 0 bridgehead atoms. The Kier molecular flexibility index (Phi) is 6.04. The first-order valence-corrected chi connectivity index (χ1v) is 11.3. The van der Waals surface area contributed by atoms with Gasteiger partial charge in [-0.05, 0) is 53.1 Å². The van der Waals surface area contributed by atoms with Gasteiger partial charge in [0, 0.05) is 12.8 Å². The molecule has 6 heteroatoms. The van der Waals surface area contributed by atoms with Crippen molar-refractivity contribution in [3.63, 3.8) is 0 Å². The summed E-state index contributed by atoms with van der Waals surface area (Å²) in [5.74, 6) is 2.47. The molecule has 2 heterocycles. The van der Waals surface area contributed by atoms with Crippen LogP contribution in [0.2, 0.25) is 0 Å². The van der Waals surface area contributed by atoms with Crippen molar-refractivity contribution in [1.82, 2.24) is 10.2 Å². The molecule has 0 spiro atoms. The fourth-order valence-electron chi connectivity index (χ4n) is 4.39. The lowest BCUT2D eigenvalue weighted by Gasteiger charge is -2.25. The zero-order valence-electron chi connectivity index (χ0n) is 19.3. The third-order valence-corrected chi connectivity index (χ3v) is 6.23. The number of fused-ring (bicyclic) bond motifs is 1. The van der Waals surface area contributed by atoms with Crippen LogP contribution in [0, 0.1) is 0 Å². The van der Waals surface area contributed by atoms with Crippen LogP contribution < -0.4 is 14.8 Å². The molecule has 0 aliphatic carbocycles. The number of benzene rings is 3. The molecule has 3 aromatic carbocycles. The molecule has 0 aromatic heterocycles. The maximum atomic E-state index is 13.5. The van der Waals surface area contributed by atoms with Gasteiger partial charge in [-0.3, -0.25) is 14.7 Å². The van der Waals surface area contributed by atoms with Gasteiger partial charge < -0.3 is 14.8 Å². The van der Waals surface area contributed by atoms with Gasteiger partial charge in [0.2, 0.25) is 0 Å². The number of amides is 1. The second-order valence-electron chi connectivity index (χ2n) is 8.42. The number of rotatable bonds is 7. The van der Waals surface area contributed by atoms with Gasteiger partial charge in [-0.1, -0.05) is 42.5 Å². The standard InChI is InChI=1S/C28H27N3O3/c1-33-22-12-8-20(9-13-22)17-25-28(32)31-18-26(21-10-14-23(34-2)15-11-21)29-24(27(31)30-25)16-19-6-4-3-5-7-19/h3-15,25,30H,16-18H2,1-2H3. The number of methoxy groups -OCH3 is 2. The molecule has 172 valence electrons. The highest BCUT2D eigenvalue weighted by Crippen LogP contribution is 2.28. The van der Waals surface area contributed by atoms with Gasteiger partial charge >= 0.3 is 0 Å². The summed E-state index contributed by atoms with van der Waals surface area (Å²) in [6.07, 6.45) is 1.24. The van der Waals surface area contributed by atoms with Crippen molar-refractivity contribution < 1.29 is 14.3 Å². The number of carbonyl (C=O) groups excluding carboxylic acids is 1. The van der Waals surface area contributed by atoms with Crippen molar-refractivity contribution in [3.05, 3.63) is 107 Å². The SMILES string of the molecule is COc1ccc(CC2NC3=C(Cc4ccccc4)N=C(c4ccc(OC)cc4)CN3C2=O)cc1. The van der Waals surface area contributed by atoms with E-state index >= 15 is 0 Å². The van der Waals surface area contributed by atoms with Gasteiger partial charge in [-0.2, -0.15) is 0 Å². The molecule has 1 unspecified atom stereocenters. The number of carbonyl (C=O) groups is 1. The maximum absolute atomic E-state index is 13.5. The summed E-state index contributed by atoms with van der Waals surface area (Å²) < 4.78 is 10.6. The normalized spacial score (nSPS) is 17.2. The molecule has 1 saturated heterocycles. The zero-order chi connectivity index (χ0) is 23.5. The highest BCUT2D eigenvalue weighted by Gasteiger charge is 2.39. The van der Waals surface area contributed by atoms with Crippen LogP contribution in [0.3, 0.4) is 0 Å². The van der Waals surface area contributed by atoms with E-state index in [1.165, 1.54) is 0 Å². The van der Waals surface area contributed by atoms with Crippen LogP contribution in [0.4, 0.5) is 0 Å². The Hall–Kier alpha value is -4.06. The number of ether oxygens (including phenoxy) is 2. The second-order valence-corrected chi connectivity index (χ2v) is 8.42. The predicted octanol–water partition coefficient (Wildman–Crippen LogP) is 3.96. The van der Waals surface area contributed by atoms with Gasteiger partial charge in [0.25, 0.3) is 5.91 Å². The van der Waals surface area contributed by atoms with E-state index in [2.05, 4.69) is 17.4 Å². The van der Waals surface area contributed by atoms with Gasteiger partial charge in [0.1, 0.15) is 23.4 Å². The van der Waals surface area contributed by atoms with Gasteiger partial charge in [-0.25, -0.2) is 0 Å². The molecule has 1 fully saturated rings. The van der Waals surface area contributed by atoms with Crippen molar-refractivity contribution in [3.8, 4) is 11.5 Å². The minimum absolute atomic E-state index is 0.0669. The van der Waals surface area contributed by atoms with Crippen molar-refractivity contribution >= 4 is 11.6 Å². The fraction of sp³-hybridized carbons (Fsp3) is 0.214. The van der Waals surface area contributed by atoms with E-state index in [1.54, 1.807) is 14.2 Å². The van der Waals surface area contributed by atoms with Gasteiger partial charge in [-0.15, -0.1) is 0 Å². The van der Waals surface area contributed by atoms with Crippen LogP contribution in [0.25, 0.3) is 0 Å². The highest BCUT2D eigenvalue weighted by atomic mass is 16.5. The summed E-state index contributed by atoms with van der Waals surface area (Å²) in [6, 6.07) is 25.6. The molecule has 0 saturated carbocycles. The highest BCUT2D eigenvalue weighted by molar-refractivity contribution is 6.06. The summed E-state index contributed by atoms with van der Waals surface area (Å²) in [5.41, 5.74) is 4.95. The van der Waals surface area contributed by atoms with Crippen molar-refractivity contribution in [2.45, 2.75) is 18.9 Å². The smallest absolute Gasteiger partial charge is 0.251 e.